The van der Waals surface area contributed by atoms with Crippen molar-refractivity contribution in [3.05, 3.63) is 59.1 Å². The Morgan fingerprint density at radius 3 is 2.68 bits per heavy atom. The maximum atomic E-state index is 12.0. The molecule has 0 aromatic heterocycles. The van der Waals surface area contributed by atoms with Crippen LogP contribution < -0.4 is 10.1 Å². The molecule has 0 fully saturated rings. The van der Waals surface area contributed by atoms with Crippen LogP contribution in [0.4, 0.5) is 5.69 Å². The molecule has 0 radical (unpaired) electrons. The molecule has 0 aliphatic carbocycles. The lowest BCUT2D eigenvalue weighted by Gasteiger charge is -2.11. The zero-order valence-electron chi connectivity index (χ0n) is 12.3. The van der Waals surface area contributed by atoms with Crippen LogP contribution in [0.5, 0.6) is 5.75 Å². The summed E-state index contributed by atoms with van der Waals surface area (Å²) in [6.07, 6.45) is 0. The zero-order valence-corrected chi connectivity index (χ0v) is 13.9. The average Bonchev–Trinajstić information content (AvgIpc) is 2.51. The number of amides is 1. The van der Waals surface area contributed by atoms with E-state index < -0.39 is 0 Å². The second-order valence-electron chi connectivity index (χ2n) is 4.56. The molecule has 0 heterocycles. The molecule has 0 bridgehead atoms. The Bertz CT molecular complexity index is 634. The van der Waals surface area contributed by atoms with Gasteiger partial charge < -0.3 is 10.1 Å². The third-order valence-electron chi connectivity index (χ3n) is 2.91. The van der Waals surface area contributed by atoms with Gasteiger partial charge in [0.1, 0.15) is 5.75 Å². The molecule has 0 saturated carbocycles. The molecule has 0 saturated heterocycles. The molecule has 0 atom stereocenters. The molecule has 2 rings (SSSR count). The van der Waals surface area contributed by atoms with Gasteiger partial charge >= 0.3 is 0 Å². The van der Waals surface area contributed by atoms with E-state index in [1.807, 2.05) is 55.5 Å². The van der Waals surface area contributed by atoms with Crippen molar-refractivity contribution in [2.45, 2.75) is 12.7 Å². The molecule has 1 amide bonds. The first-order valence-electron chi connectivity index (χ1n) is 7.03. The van der Waals surface area contributed by atoms with E-state index in [0.29, 0.717) is 29.5 Å². The molecule has 0 aliphatic rings. The highest BCUT2D eigenvalue weighted by atomic mass is 35.5. The molecular weight excluding hydrogens is 318 g/mol. The monoisotopic (exact) mass is 335 g/mol. The van der Waals surface area contributed by atoms with Gasteiger partial charge in [0, 0.05) is 10.8 Å². The fraction of sp³-hybridized carbons (Fsp3) is 0.235. The number of hydrogen-bond donors (Lipinski definition) is 1. The Kier molecular flexibility index (Phi) is 6.62. The first-order valence-corrected chi connectivity index (χ1v) is 8.56. The number of hydrogen-bond acceptors (Lipinski definition) is 3. The van der Waals surface area contributed by atoms with Gasteiger partial charge in [-0.15, -0.1) is 11.8 Å². The van der Waals surface area contributed by atoms with Crippen molar-refractivity contribution in [2.75, 3.05) is 17.7 Å². The van der Waals surface area contributed by atoms with Crippen molar-refractivity contribution in [3.8, 4) is 5.75 Å². The summed E-state index contributed by atoms with van der Waals surface area (Å²) in [5.41, 5.74) is 1.74. The average molecular weight is 336 g/mol. The number of benzene rings is 2. The highest BCUT2D eigenvalue weighted by Gasteiger charge is 2.08. The highest BCUT2D eigenvalue weighted by molar-refractivity contribution is 7.99. The van der Waals surface area contributed by atoms with E-state index >= 15 is 0 Å². The number of halogens is 1. The number of nitrogens with one attached hydrogen (secondary N) is 1. The number of anilines is 1. The number of rotatable bonds is 7. The molecule has 0 spiro atoms. The predicted octanol–water partition coefficient (Wildman–Crippen LogP) is 4.61. The van der Waals surface area contributed by atoms with Crippen LogP contribution in [-0.4, -0.2) is 18.3 Å². The van der Waals surface area contributed by atoms with Crippen LogP contribution in [0.2, 0.25) is 5.02 Å². The summed E-state index contributed by atoms with van der Waals surface area (Å²) in [5, 5.41) is 3.61. The third kappa shape index (κ3) is 4.97. The minimum atomic E-state index is -0.0517. The van der Waals surface area contributed by atoms with Crippen molar-refractivity contribution in [3.63, 3.8) is 0 Å². The van der Waals surface area contributed by atoms with E-state index in [1.165, 1.54) is 11.8 Å². The molecule has 0 unspecified atom stereocenters. The molecule has 3 nitrogen and oxygen atoms in total. The summed E-state index contributed by atoms with van der Waals surface area (Å²) in [4.78, 5) is 12.0. The minimum Gasteiger partial charge on any atom is -0.492 e. The van der Waals surface area contributed by atoms with Crippen molar-refractivity contribution < 1.29 is 9.53 Å². The molecular formula is C17H18ClNO2S. The van der Waals surface area contributed by atoms with Crippen LogP contribution in [-0.2, 0) is 10.5 Å². The van der Waals surface area contributed by atoms with Gasteiger partial charge in [-0.1, -0.05) is 41.9 Å². The normalized spacial score (nSPS) is 10.3. The van der Waals surface area contributed by atoms with E-state index in [2.05, 4.69) is 5.32 Å². The number of carbonyl (C=O) groups excluding carboxylic acids is 1. The van der Waals surface area contributed by atoms with Gasteiger partial charge in [-0.25, -0.2) is 0 Å². The number of thioether (sulfide) groups is 1. The molecule has 5 heteroatoms. The minimum absolute atomic E-state index is 0.0517. The SMILES string of the molecule is CCOc1ccccc1NC(=O)CSCc1ccccc1Cl. The quantitative estimate of drug-likeness (QED) is 0.803. The van der Waals surface area contributed by atoms with E-state index in [0.717, 1.165) is 10.6 Å². The van der Waals surface area contributed by atoms with Gasteiger partial charge in [0.05, 0.1) is 18.0 Å². The number of carbonyl (C=O) groups is 1. The summed E-state index contributed by atoms with van der Waals surface area (Å²) in [5.74, 6) is 1.71. The molecule has 2 aromatic carbocycles. The lowest BCUT2D eigenvalue weighted by Crippen LogP contribution is -2.15. The van der Waals surface area contributed by atoms with E-state index in [4.69, 9.17) is 16.3 Å². The summed E-state index contributed by atoms with van der Waals surface area (Å²) >= 11 is 7.62. The standard InChI is InChI=1S/C17H18ClNO2S/c1-2-21-16-10-6-5-9-15(16)19-17(20)12-22-11-13-7-3-4-8-14(13)18/h3-10H,2,11-12H2,1H3,(H,19,20). The second-order valence-corrected chi connectivity index (χ2v) is 5.95. The summed E-state index contributed by atoms with van der Waals surface area (Å²) in [7, 11) is 0. The maximum Gasteiger partial charge on any atom is 0.234 e. The van der Waals surface area contributed by atoms with Gasteiger partial charge in [0.2, 0.25) is 5.91 Å². The zero-order chi connectivity index (χ0) is 15.8. The molecule has 0 aliphatic heterocycles. The fourth-order valence-electron chi connectivity index (χ4n) is 1.91. The lowest BCUT2D eigenvalue weighted by atomic mass is 10.2. The van der Waals surface area contributed by atoms with Crippen LogP contribution >= 0.6 is 23.4 Å². The van der Waals surface area contributed by atoms with Crippen molar-refractivity contribution in [2.24, 2.45) is 0 Å². The number of para-hydroxylation sites is 2. The van der Waals surface area contributed by atoms with Crippen LogP contribution in [0, 0.1) is 0 Å². The highest BCUT2D eigenvalue weighted by Crippen LogP contribution is 2.24. The third-order valence-corrected chi connectivity index (χ3v) is 4.26. The summed E-state index contributed by atoms with van der Waals surface area (Å²) in [6.45, 7) is 2.48. The Morgan fingerprint density at radius 1 is 1.18 bits per heavy atom. The summed E-state index contributed by atoms with van der Waals surface area (Å²) < 4.78 is 5.49. The van der Waals surface area contributed by atoms with Crippen LogP contribution in [0.1, 0.15) is 12.5 Å². The van der Waals surface area contributed by atoms with Gasteiger partial charge in [-0.2, -0.15) is 0 Å². The Balaban J connectivity index is 1.85. The maximum absolute atomic E-state index is 12.0. The van der Waals surface area contributed by atoms with Crippen LogP contribution in [0.15, 0.2) is 48.5 Å². The van der Waals surface area contributed by atoms with Crippen molar-refractivity contribution >= 4 is 35.0 Å². The largest absolute Gasteiger partial charge is 0.492 e. The summed E-state index contributed by atoms with van der Waals surface area (Å²) in [6, 6.07) is 15.1. The van der Waals surface area contributed by atoms with Crippen LogP contribution in [0.25, 0.3) is 0 Å². The Labute approximate surface area is 140 Å². The molecule has 2 aromatic rings. The Hall–Kier alpha value is -1.65. The van der Waals surface area contributed by atoms with Crippen LogP contribution in [0.3, 0.4) is 0 Å². The first kappa shape index (κ1) is 16.7. The van der Waals surface area contributed by atoms with Gasteiger partial charge in [0.15, 0.2) is 0 Å². The second kappa shape index (κ2) is 8.71. The van der Waals surface area contributed by atoms with Gasteiger partial charge in [-0.3, -0.25) is 4.79 Å². The van der Waals surface area contributed by atoms with E-state index in [1.54, 1.807) is 0 Å². The smallest absolute Gasteiger partial charge is 0.234 e. The number of ether oxygens (including phenoxy) is 1. The lowest BCUT2D eigenvalue weighted by molar-refractivity contribution is -0.113. The fourth-order valence-corrected chi connectivity index (χ4v) is 3.02. The van der Waals surface area contributed by atoms with Crippen molar-refractivity contribution in [1.29, 1.82) is 0 Å². The molecule has 1 N–H and O–H groups in total. The first-order chi connectivity index (χ1) is 10.7. The van der Waals surface area contributed by atoms with E-state index in [9.17, 15) is 4.79 Å². The van der Waals surface area contributed by atoms with Crippen molar-refractivity contribution in [1.82, 2.24) is 0 Å². The molecule has 22 heavy (non-hydrogen) atoms. The molecule has 116 valence electrons. The van der Waals surface area contributed by atoms with Gasteiger partial charge in [-0.05, 0) is 30.7 Å². The topological polar surface area (TPSA) is 38.3 Å². The predicted molar refractivity (Wildman–Crippen MR) is 93.9 cm³/mol. The van der Waals surface area contributed by atoms with Gasteiger partial charge in [0.25, 0.3) is 0 Å². The van der Waals surface area contributed by atoms with E-state index in [-0.39, 0.29) is 5.91 Å². The Morgan fingerprint density at radius 2 is 1.91 bits per heavy atom.